The molecule has 0 aliphatic heterocycles. The first-order chi connectivity index (χ1) is 9.26. The number of aromatic nitrogens is 4. The van der Waals surface area contributed by atoms with E-state index in [9.17, 15) is 29.0 Å². The summed E-state index contributed by atoms with van der Waals surface area (Å²) in [4.78, 5) is 51.8. The Bertz CT molecular complexity index is 780. The molecule has 0 amide bonds. The number of aliphatic hydroxyl groups is 1. The van der Waals surface area contributed by atoms with Crippen molar-refractivity contribution in [1.82, 2.24) is 19.5 Å². The predicted octanol–water partition coefficient (Wildman–Crippen LogP) is -8.91. The van der Waals surface area contributed by atoms with E-state index in [0.29, 0.717) is 0 Å². The Labute approximate surface area is 168 Å². The first-order valence-corrected chi connectivity index (χ1v) is 7.35. The Morgan fingerprint density at radius 2 is 1.95 bits per heavy atom. The van der Waals surface area contributed by atoms with Crippen molar-refractivity contribution in [2.45, 2.75) is 19.1 Å². The van der Waals surface area contributed by atoms with Gasteiger partial charge in [-0.15, -0.1) is 0 Å². The van der Waals surface area contributed by atoms with Crippen molar-refractivity contribution >= 4 is 18.8 Å². The van der Waals surface area contributed by atoms with Crippen LogP contribution in [0.25, 0.3) is 11.2 Å². The van der Waals surface area contributed by atoms with Gasteiger partial charge < -0.3 is 24.0 Å². The number of nitrogens with one attached hydrogen (secondary N) is 2. The molecule has 0 fully saturated rings. The molecule has 0 radical (unpaired) electrons. The van der Waals surface area contributed by atoms with Crippen molar-refractivity contribution in [1.29, 1.82) is 0 Å². The third-order valence-electron chi connectivity index (χ3n) is 2.65. The normalized spacial score (nSPS) is 12.5. The van der Waals surface area contributed by atoms with Gasteiger partial charge in [-0.25, -0.2) is 9.78 Å². The van der Waals surface area contributed by atoms with Gasteiger partial charge in [0.15, 0.2) is 5.52 Å². The van der Waals surface area contributed by atoms with Gasteiger partial charge >= 0.3 is 64.8 Å². The maximum atomic E-state index is 11.4. The molecule has 22 heavy (non-hydrogen) atoms. The quantitative estimate of drug-likeness (QED) is 0.356. The molecule has 10 nitrogen and oxygen atoms in total. The fraction of sp³-hybridized carbons (Fsp3) is 0.444. The van der Waals surface area contributed by atoms with Gasteiger partial charge in [0.2, 0.25) is 0 Å². The average Bonchev–Trinajstić information content (AvgIpc) is 2.67. The van der Waals surface area contributed by atoms with Crippen LogP contribution >= 0.6 is 7.60 Å². The van der Waals surface area contributed by atoms with E-state index in [1.54, 1.807) is 0 Å². The number of aryl methyl sites for hydroxylation is 1. The summed E-state index contributed by atoms with van der Waals surface area (Å²) < 4.78 is 11.9. The molecule has 0 aliphatic rings. The number of imidazole rings is 1. The molecule has 0 spiro atoms. The molecule has 0 bridgehead atoms. The maximum absolute atomic E-state index is 11.4. The molecule has 0 aromatic carbocycles. The zero-order valence-corrected chi connectivity index (χ0v) is 17.0. The van der Waals surface area contributed by atoms with Gasteiger partial charge in [-0.05, 0) is 6.42 Å². The number of hydrogen-bond donors (Lipinski definition) is 3. The second-order valence-corrected chi connectivity index (χ2v) is 5.87. The summed E-state index contributed by atoms with van der Waals surface area (Å²) in [6.07, 6.45) is -0.941. The molecule has 1 atom stereocenters. The van der Waals surface area contributed by atoms with Gasteiger partial charge in [0.1, 0.15) is 5.65 Å². The van der Waals surface area contributed by atoms with Gasteiger partial charge in [-0.1, -0.05) is 7.60 Å². The summed E-state index contributed by atoms with van der Waals surface area (Å²) in [6.45, 7) is 0.0943. The smallest absolute Gasteiger partial charge is 0.811 e. The standard InChI is InChI=1S/C9H13N4O6P.2Na/c14-5(3-20(17,18)19)1-2-13-4-10-6-7(13)11-9(16)12-8(6)15;;/h4-5,14H,1-3H2,(H2,17,18,19)(H2,11,12,15,16);;/q;2*+1/p-2/t5-;;/m0../s1. The summed E-state index contributed by atoms with van der Waals surface area (Å²) >= 11 is 0. The van der Waals surface area contributed by atoms with Crippen LogP contribution in [0, 0.1) is 0 Å². The van der Waals surface area contributed by atoms with Crippen LogP contribution < -0.4 is 80.2 Å². The van der Waals surface area contributed by atoms with E-state index in [4.69, 9.17) is 0 Å². The molecule has 13 heteroatoms. The Kier molecular flexibility index (Phi) is 9.04. The fourth-order valence-electron chi connectivity index (χ4n) is 1.79. The van der Waals surface area contributed by atoms with Crippen molar-refractivity contribution in [2.75, 3.05) is 6.16 Å². The molecule has 2 heterocycles. The van der Waals surface area contributed by atoms with Gasteiger partial charge in [-0.2, -0.15) is 0 Å². The number of H-pyrrole nitrogens is 2. The largest absolute Gasteiger partial charge is 1.00 e. The first-order valence-electron chi connectivity index (χ1n) is 5.63. The van der Waals surface area contributed by atoms with Crippen LogP contribution in [0.5, 0.6) is 0 Å². The van der Waals surface area contributed by atoms with Crippen LogP contribution in [0.3, 0.4) is 0 Å². The average molecular weight is 348 g/mol. The van der Waals surface area contributed by atoms with E-state index >= 15 is 0 Å². The minimum atomic E-state index is -4.78. The van der Waals surface area contributed by atoms with E-state index < -0.39 is 31.1 Å². The zero-order chi connectivity index (χ0) is 14.9. The summed E-state index contributed by atoms with van der Waals surface area (Å²) in [7, 11) is -4.78. The fourth-order valence-corrected chi connectivity index (χ4v) is 2.49. The van der Waals surface area contributed by atoms with Crippen molar-refractivity contribution in [3.8, 4) is 0 Å². The van der Waals surface area contributed by atoms with Crippen LogP contribution in [0.4, 0.5) is 0 Å². The minimum absolute atomic E-state index is 0. The van der Waals surface area contributed by atoms with Gasteiger partial charge in [-0.3, -0.25) is 14.8 Å². The van der Waals surface area contributed by atoms with Gasteiger partial charge in [0.25, 0.3) is 5.56 Å². The van der Waals surface area contributed by atoms with Crippen molar-refractivity contribution < 1.29 is 78.6 Å². The Hall–Kier alpha value is 0.260. The van der Waals surface area contributed by atoms with Gasteiger partial charge in [0.05, 0.1) is 12.4 Å². The minimum Gasteiger partial charge on any atom is -0.811 e. The third-order valence-corrected chi connectivity index (χ3v) is 3.52. The van der Waals surface area contributed by atoms with Crippen molar-refractivity contribution in [2.24, 2.45) is 0 Å². The molecule has 0 unspecified atom stereocenters. The number of hydrogen-bond acceptors (Lipinski definition) is 7. The van der Waals surface area contributed by atoms with Crippen LogP contribution in [0.15, 0.2) is 15.9 Å². The second kappa shape index (κ2) is 8.93. The zero-order valence-electron chi connectivity index (χ0n) is 12.1. The van der Waals surface area contributed by atoms with Crippen LogP contribution in [-0.2, 0) is 11.1 Å². The van der Waals surface area contributed by atoms with E-state index in [0.717, 1.165) is 0 Å². The summed E-state index contributed by atoms with van der Waals surface area (Å²) in [5, 5.41) is 9.42. The molecule has 3 N–H and O–H groups in total. The molecular formula is C9H11N4Na2O6P. The SMILES string of the molecule is O=c1[nH]c(=O)c2ncn(CC[C@H](O)CP(=O)([O-])[O-])c2[nH]1.[Na+].[Na+]. The van der Waals surface area contributed by atoms with Gasteiger partial charge in [0, 0.05) is 12.7 Å². The van der Waals surface area contributed by atoms with Crippen molar-refractivity contribution in [3.05, 3.63) is 27.2 Å². The molecule has 0 saturated carbocycles. The van der Waals surface area contributed by atoms with E-state index in [1.165, 1.54) is 10.9 Å². The Balaban J connectivity index is 0.00000220. The molecular weight excluding hydrogens is 337 g/mol. The Morgan fingerprint density at radius 1 is 1.32 bits per heavy atom. The first kappa shape index (κ1) is 22.3. The maximum Gasteiger partial charge on any atom is 1.00 e. The summed E-state index contributed by atoms with van der Waals surface area (Å²) in [5.41, 5.74) is -1.16. The van der Waals surface area contributed by atoms with Crippen molar-refractivity contribution in [3.63, 3.8) is 0 Å². The number of nitrogens with zero attached hydrogens (tertiary/aromatic N) is 2. The molecule has 2 aromatic rings. The number of fused-ring (bicyclic) bond motifs is 1. The van der Waals surface area contributed by atoms with Crippen LogP contribution in [0.2, 0.25) is 0 Å². The predicted molar refractivity (Wildman–Crippen MR) is 64.1 cm³/mol. The Morgan fingerprint density at radius 3 is 2.55 bits per heavy atom. The summed E-state index contributed by atoms with van der Waals surface area (Å²) in [5.74, 6) is 0. The van der Waals surface area contributed by atoms with E-state index in [1.807, 2.05) is 4.98 Å². The molecule has 2 aromatic heterocycles. The van der Waals surface area contributed by atoms with E-state index in [-0.39, 0.29) is 83.2 Å². The van der Waals surface area contributed by atoms with Crippen LogP contribution in [-0.4, -0.2) is 36.9 Å². The van der Waals surface area contributed by atoms with Crippen LogP contribution in [0.1, 0.15) is 6.42 Å². The number of aliphatic hydroxyl groups excluding tert-OH is 1. The third kappa shape index (κ3) is 6.04. The topological polar surface area (TPSA) is 167 Å². The molecule has 110 valence electrons. The summed E-state index contributed by atoms with van der Waals surface area (Å²) in [6, 6.07) is 0. The van der Waals surface area contributed by atoms with E-state index in [2.05, 4.69) is 9.97 Å². The molecule has 0 saturated heterocycles. The number of rotatable bonds is 5. The number of aromatic amines is 2. The monoisotopic (exact) mass is 348 g/mol. The second-order valence-electron chi connectivity index (χ2n) is 4.28. The molecule has 2 rings (SSSR count). The molecule has 0 aliphatic carbocycles.